The molecule has 3 aliphatic heterocycles. The van der Waals surface area contributed by atoms with Gasteiger partial charge in [0.05, 0.1) is 18.8 Å². The molecule has 13 heteroatoms. The molecule has 5 N–H and O–H groups in total. The van der Waals surface area contributed by atoms with Gasteiger partial charge in [0.15, 0.2) is 0 Å². The molecule has 5 rings (SSSR count). The fourth-order valence-electron chi connectivity index (χ4n) is 6.57. The SMILES string of the molecule is CC(C)C(=O)NC1(c2ccccc2)CCN(C(=O)NC(CNC(=O)N2CCC3(CC2)C(=O)NCN3c2ccccc2)C(=O)O)CC1. The van der Waals surface area contributed by atoms with Crippen molar-refractivity contribution in [2.75, 3.05) is 44.3 Å². The van der Waals surface area contributed by atoms with E-state index in [1.165, 1.54) is 4.90 Å². The van der Waals surface area contributed by atoms with E-state index in [0.29, 0.717) is 58.5 Å². The fraction of sp³-hybridized carbons (Fsp3) is 0.485. The highest BCUT2D eigenvalue weighted by molar-refractivity contribution is 5.94. The minimum Gasteiger partial charge on any atom is -0.480 e. The summed E-state index contributed by atoms with van der Waals surface area (Å²) in [6.45, 7) is 5.00. The van der Waals surface area contributed by atoms with Gasteiger partial charge in [0.1, 0.15) is 11.6 Å². The summed E-state index contributed by atoms with van der Waals surface area (Å²) in [5.41, 5.74) is 0.503. The number of amides is 6. The number of carboxylic acid groups (broad SMARTS) is 1. The highest BCUT2D eigenvalue weighted by Crippen LogP contribution is 2.36. The predicted molar refractivity (Wildman–Crippen MR) is 171 cm³/mol. The fourth-order valence-corrected chi connectivity index (χ4v) is 6.57. The van der Waals surface area contributed by atoms with Crippen LogP contribution in [0.5, 0.6) is 0 Å². The Labute approximate surface area is 268 Å². The van der Waals surface area contributed by atoms with Crippen molar-refractivity contribution >= 4 is 35.5 Å². The number of carbonyl (C=O) groups excluding carboxylic acids is 4. The number of aliphatic carboxylic acids is 1. The summed E-state index contributed by atoms with van der Waals surface area (Å²) in [7, 11) is 0. The second kappa shape index (κ2) is 13.7. The van der Waals surface area contributed by atoms with Crippen molar-refractivity contribution in [2.24, 2.45) is 5.92 Å². The van der Waals surface area contributed by atoms with Crippen molar-refractivity contribution in [1.29, 1.82) is 0 Å². The number of nitrogens with zero attached hydrogens (tertiary/aromatic N) is 3. The highest BCUT2D eigenvalue weighted by atomic mass is 16.4. The largest absolute Gasteiger partial charge is 0.480 e. The van der Waals surface area contributed by atoms with Gasteiger partial charge < -0.3 is 41.1 Å². The van der Waals surface area contributed by atoms with Gasteiger partial charge in [0.2, 0.25) is 11.8 Å². The van der Waals surface area contributed by atoms with E-state index < -0.39 is 35.2 Å². The molecular formula is C33H43N7O6. The van der Waals surface area contributed by atoms with Crippen molar-refractivity contribution in [1.82, 2.24) is 31.1 Å². The molecule has 0 saturated carbocycles. The van der Waals surface area contributed by atoms with Crippen LogP contribution in [-0.4, -0.2) is 95.7 Å². The smallest absolute Gasteiger partial charge is 0.328 e. The van der Waals surface area contributed by atoms with Crippen molar-refractivity contribution in [3.63, 3.8) is 0 Å². The van der Waals surface area contributed by atoms with Gasteiger partial charge >= 0.3 is 18.0 Å². The Kier molecular flexibility index (Phi) is 9.68. The molecule has 1 spiro atoms. The van der Waals surface area contributed by atoms with E-state index in [-0.39, 0.29) is 24.3 Å². The van der Waals surface area contributed by atoms with Gasteiger partial charge in [0.25, 0.3) is 0 Å². The zero-order valence-corrected chi connectivity index (χ0v) is 26.3. The topological polar surface area (TPSA) is 163 Å². The molecule has 1 unspecified atom stereocenters. The normalized spacial score (nSPS) is 19.4. The zero-order chi connectivity index (χ0) is 32.9. The van der Waals surface area contributed by atoms with Crippen molar-refractivity contribution < 1.29 is 29.1 Å². The number of rotatable bonds is 8. The van der Waals surface area contributed by atoms with Crippen LogP contribution in [0.2, 0.25) is 0 Å². The van der Waals surface area contributed by atoms with Crippen LogP contribution in [0.25, 0.3) is 0 Å². The molecule has 0 bridgehead atoms. The van der Waals surface area contributed by atoms with E-state index in [9.17, 15) is 29.1 Å². The first-order valence-corrected chi connectivity index (χ1v) is 15.8. The number of para-hydroxylation sites is 1. The lowest BCUT2D eigenvalue weighted by atomic mass is 9.80. The summed E-state index contributed by atoms with van der Waals surface area (Å²) >= 11 is 0. The van der Waals surface area contributed by atoms with Crippen LogP contribution in [0, 0.1) is 5.92 Å². The van der Waals surface area contributed by atoms with Crippen LogP contribution in [0.15, 0.2) is 60.7 Å². The van der Waals surface area contributed by atoms with Crippen molar-refractivity contribution in [3.8, 4) is 0 Å². The number of carboxylic acids is 1. The van der Waals surface area contributed by atoms with Gasteiger partial charge in [-0.3, -0.25) is 9.59 Å². The van der Waals surface area contributed by atoms with E-state index in [2.05, 4.69) is 21.3 Å². The van der Waals surface area contributed by atoms with Gasteiger partial charge in [-0.25, -0.2) is 14.4 Å². The van der Waals surface area contributed by atoms with E-state index >= 15 is 0 Å². The lowest BCUT2D eigenvalue weighted by molar-refractivity contribution is -0.139. The Morgan fingerprint density at radius 2 is 1.41 bits per heavy atom. The minimum atomic E-state index is -1.34. The number of hydrogen-bond acceptors (Lipinski definition) is 6. The standard InChI is InChI=1S/C33H43N7O6/c1-23(2)27(41)37-32(24-9-5-3-6-10-24)13-17-39(18-14-32)31(46)36-26(28(42)43)21-34-30(45)38-19-15-33(16-20-38)29(44)35-22-40(33)25-11-7-4-8-12-25/h3-12,23,26H,13-22H2,1-2H3,(H,34,45)(H,35,44)(H,36,46)(H,37,41)(H,42,43). The van der Waals surface area contributed by atoms with Crippen LogP contribution in [0.3, 0.4) is 0 Å². The summed E-state index contributed by atoms with van der Waals surface area (Å²) in [6, 6.07) is 17.0. The Bertz CT molecular complexity index is 1420. The van der Waals surface area contributed by atoms with Gasteiger partial charge in [-0.1, -0.05) is 62.4 Å². The second-order valence-electron chi connectivity index (χ2n) is 12.6. The predicted octanol–water partition coefficient (Wildman–Crippen LogP) is 2.05. The monoisotopic (exact) mass is 633 g/mol. The molecule has 6 amide bonds. The van der Waals surface area contributed by atoms with E-state index in [1.807, 2.05) is 79.4 Å². The van der Waals surface area contributed by atoms with Crippen LogP contribution in [0.4, 0.5) is 15.3 Å². The second-order valence-corrected chi connectivity index (χ2v) is 12.6. The molecule has 2 aromatic rings. The first kappa shape index (κ1) is 32.6. The van der Waals surface area contributed by atoms with Crippen molar-refractivity contribution in [3.05, 3.63) is 66.2 Å². The molecule has 3 fully saturated rings. The number of urea groups is 2. The van der Waals surface area contributed by atoms with Gasteiger partial charge in [-0.05, 0) is 43.4 Å². The molecule has 3 saturated heterocycles. The third-order valence-corrected chi connectivity index (χ3v) is 9.45. The third kappa shape index (κ3) is 6.73. The molecule has 246 valence electrons. The molecule has 1 atom stereocenters. The maximum absolute atomic E-state index is 13.2. The van der Waals surface area contributed by atoms with E-state index in [0.717, 1.165) is 11.3 Å². The number of benzene rings is 2. The van der Waals surface area contributed by atoms with E-state index in [1.54, 1.807) is 4.90 Å². The molecule has 0 aromatic heterocycles. The number of nitrogens with one attached hydrogen (secondary N) is 4. The summed E-state index contributed by atoms with van der Waals surface area (Å²) in [6.07, 6.45) is 1.79. The molecule has 46 heavy (non-hydrogen) atoms. The number of hydrogen-bond donors (Lipinski definition) is 5. The van der Waals surface area contributed by atoms with E-state index in [4.69, 9.17) is 0 Å². The lowest BCUT2D eigenvalue weighted by Crippen LogP contribution is -2.60. The molecule has 13 nitrogen and oxygen atoms in total. The average molecular weight is 634 g/mol. The Balaban J connectivity index is 1.14. The summed E-state index contributed by atoms with van der Waals surface area (Å²) in [5.74, 6) is -1.61. The highest BCUT2D eigenvalue weighted by Gasteiger charge is 2.51. The van der Waals surface area contributed by atoms with Gasteiger partial charge in [-0.2, -0.15) is 0 Å². The summed E-state index contributed by atoms with van der Waals surface area (Å²) < 4.78 is 0. The van der Waals surface area contributed by atoms with Gasteiger partial charge in [0, 0.05) is 37.8 Å². The summed E-state index contributed by atoms with van der Waals surface area (Å²) in [5, 5.41) is 21.2. The molecule has 0 aliphatic carbocycles. The van der Waals surface area contributed by atoms with Crippen LogP contribution >= 0.6 is 0 Å². The third-order valence-electron chi connectivity index (χ3n) is 9.45. The molecule has 3 heterocycles. The number of carbonyl (C=O) groups is 5. The number of likely N-dealkylation sites (tertiary alicyclic amines) is 2. The van der Waals surface area contributed by atoms with Crippen molar-refractivity contribution in [2.45, 2.75) is 56.7 Å². The minimum absolute atomic E-state index is 0.0638. The summed E-state index contributed by atoms with van der Waals surface area (Å²) in [4.78, 5) is 69.0. The number of anilines is 1. The van der Waals surface area contributed by atoms with Crippen LogP contribution in [-0.2, 0) is 19.9 Å². The lowest BCUT2D eigenvalue weighted by Gasteiger charge is -2.43. The molecular weight excluding hydrogens is 590 g/mol. The molecule has 2 aromatic carbocycles. The van der Waals surface area contributed by atoms with Gasteiger partial charge in [-0.15, -0.1) is 0 Å². The molecule has 3 aliphatic rings. The Morgan fingerprint density at radius 1 is 0.848 bits per heavy atom. The zero-order valence-electron chi connectivity index (χ0n) is 26.3. The Hall–Kier alpha value is -4.81. The maximum atomic E-state index is 13.2. The quantitative estimate of drug-likeness (QED) is 0.297. The van der Waals surface area contributed by atoms with Crippen LogP contribution < -0.4 is 26.2 Å². The number of piperidine rings is 2. The Morgan fingerprint density at radius 3 is 2.00 bits per heavy atom. The maximum Gasteiger partial charge on any atom is 0.328 e. The average Bonchev–Trinajstić information content (AvgIpc) is 3.38. The van der Waals surface area contributed by atoms with Crippen LogP contribution in [0.1, 0.15) is 45.1 Å². The first-order chi connectivity index (χ1) is 22.0. The first-order valence-electron chi connectivity index (χ1n) is 15.8. The molecule has 0 radical (unpaired) electrons.